The van der Waals surface area contributed by atoms with E-state index in [9.17, 15) is 14.7 Å². The molecule has 7 heteroatoms. The number of rotatable bonds is 11. The van der Waals surface area contributed by atoms with Gasteiger partial charge in [0.15, 0.2) is 11.5 Å². The van der Waals surface area contributed by atoms with E-state index in [-0.39, 0.29) is 5.57 Å². The highest BCUT2D eigenvalue weighted by Crippen LogP contribution is 2.38. The zero-order valence-electron chi connectivity index (χ0n) is 20.3. The topological polar surface area (TPSA) is 79.3 Å². The number of carbonyl (C=O) groups is 2. The molecule has 188 valence electrons. The van der Waals surface area contributed by atoms with Gasteiger partial charge in [-0.05, 0) is 35.8 Å². The van der Waals surface area contributed by atoms with Crippen LogP contribution in [0.2, 0.25) is 0 Å². The Kier molecular flexibility index (Phi) is 8.71. The van der Waals surface area contributed by atoms with E-state index < -0.39 is 23.5 Å². The van der Waals surface area contributed by atoms with Gasteiger partial charge in [-0.15, -0.1) is 0 Å². The first-order chi connectivity index (χ1) is 17.6. The third-order valence-electron chi connectivity index (χ3n) is 6.34. The molecule has 4 rings (SSSR count). The summed E-state index contributed by atoms with van der Waals surface area (Å²) in [7, 11) is 0. The largest absolute Gasteiger partial charge is 0.503 e. The van der Waals surface area contributed by atoms with Gasteiger partial charge >= 0.3 is 0 Å². The molecule has 2 aromatic carbocycles. The van der Waals surface area contributed by atoms with Crippen LogP contribution < -0.4 is 4.74 Å². The summed E-state index contributed by atoms with van der Waals surface area (Å²) in [6, 6.07) is 16.0. The third kappa shape index (κ3) is 6.11. The van der Waals surface area contributed by atoms with Crippen molar-refractivity contribution in [2.45, 2.75) is 12.5 Å². The molecule has 0 aliphatic carbocycles. The number of amides is 1. The molecule has 2 aliphatic rings. The molecule has 7 nitrogen and oxygen atoms in total. The molecule has 1 saturated heterocycles. The van der Waals surface area contributed by atoms with Gasteiger partial charge in [-0.2, -0.15) is 0 Å². The Morgan fingerprint density at radius 1 is 1.08 bits per heavy atom. The Morgan fingerprint density at radius 2 is 1.81 bits per heavy atom. The first-order valence-corrected chi connectivity index (χ1v) is 12.2. The number of aliphatic hydroxyl groups excluding tert-OH is 1. The van der Waals surface area contributed by atoms with Crippen molar-refractivity contribution in [2.75, 3.05) is 46.0 Å². The molecule has 0 bridgehead atoms. The van der Waals surface area contributed by atoms with Gasteiger partial charge in [0.25, 0.3) is 5.91 Å². The van der Waals surface area contributed by atoms with E-state index in [1.807, 2.05) is 42.5 Å². The van der Waals surface area contributed by atoms with Gasteiger partial charge in [-0.1, -0.05) is 61.2 Å². The van der Waals surface area contributed by atoms with Crippen molar-refractivity contribution in [3.8, 4) is 5.75 Å². The molecule has 36 heavy (non-hydrogen) atoms. The number of morpholine rings is 1. The second-order valence-electron chi connectivity index (χ2n) is 8.75. The fourth-order valence-electron chi connectivity index (χ4n) is 4.50. The summed E-state index contributed by atoms with van der Waals surface area (Å²) in [6.45, 7) is 8.40. The zero-order chi connectivity index (χ0) is 25.3. The van der Waals surface area contributed by atoms with Crippen molar-refractivity contribution in [1.82, 2.24) is 9.80 Å². The highest BCUT2D eigenvalue weighted by atomic mass is 16.5. The van der Waals surface area contributed by atoms with Crippen molar-refractivity contribution >= 4 is 17.8 Å². The maximum Gasteiger partial charge on any atom is 0.290 e. The predicted octanol–water partition coefficient (Wildman–Crippen LogP) is 3.95. The molecule has 2 aromatic rings. The van der Waals surface area contributed by atoms with Crippen molar-refractivity contribution in [2.24, 2.45) is 0 Å². The van der Waals surface area contributed by atoms with E-state index in [0.29, 0.717) is 32.1 Å². The number of ketones is 1. The second-order valence-corrected chi connectivity index (χ2v) is 8.75. The fourth-order valence-corrected chi connectivity index (χ4v) is 4.50. The highest BCUT2D eigenvalue weighted by molar-refractivity contribution is 6.14. The second kappa shape index (κ2) is 12.3. The Hall–Kier alpha value is -3.68. The van der Waals surface area contributed by atoms with E-state index in [2.05, 4.69) is 11.5 Å². The summed E-state index contributed by atoms with van der Waals surface area (Å²) < 4.78 is 11.0. The number of hydrogen-bond acceptors (Lipinski definition) is 6. The number of carbonyl (C=O) groups excluding carboxylic acids is 2. The molecule has 1 atom stereocenters. The lowest BCUT2D eigenvalue weighted by atomic mass is 9.95. The molecule has 1 amide bonds. The van der Waals surface area contributed by atoms with Gasteiger partial charge in [-0.3, -0.25) is 14.5 Å². The Morgan fingerprint density at radius 3 is 2.50 bits per heavy atom. The number of aliphatic hydroxyl groups is 1. The highest BCUT2D eigenvalue weighted by Gasteiger charge is 2.42. The van der Waals surface area contributed by atoms with Crippen LogP contribution in [0.25, 0.3) is 6.08 Å². The van der Waals surface area contributed by atoms with Gasteiger partial charge in [-0.25, -0.2) is 0 Å². The minimum absolute atomic E-state index is 0.0957. The number of allylic oxidation sites excluding steroid dienone is 1. The monoisotopic (exact) mass is 488 g/mol. The Balaban J connectivity index is 1.57. The van der Waals surface area contributed by atoms with Crippen LogP contribution in [-0.2, 0) is 14.3 Å². The van der Waals surface area contributed by atoms with Crippen LogP contribution in [0.15, 0.2) is 84.7 Å². The third-order valence-corrected chi connectivity index (χ3v) is 6.34. The molecule has 1 N–H and O–H groups in total. The van der Waals surface area contributed by atoms with Gasteiger partial charge < -0.3 is 19.5 Å². The maximum absolute atomic E-state index is 13.3. The van der Waals surface area contributed by atoms with Crippen molar-refractivity contribution < 1.29 is 24.2 Å². The minimum Gasteiger partial charge on any atom is -0.503 e. The van der Waals surface area contributed by atoms with Crippen LogP contribution in [0.5, 0.6) is 5.75 Å². The molecule has 1 unspecified atom stereocenters. The average molecular weight is 489 g/mol. The molecule has 0 aromatic heterocycles. The molecule has 2 aliphatic heterocycles. The smallest absolute Gasteiger partial charge is 0.290 e. The molecule has 0 saturated carbocycles. The predicted molar refractivity (Wildman–Crippen MR) is 139 cm³/mol. The summed E-state index contributed by atoms with van der Waals surface area (Å²) in [5.41, 5.74) is 1.69. The first-order valence-electron chi connectivity index (χ1n) is 12.2. The lowest BCUT2D eigenvalue weighted by molar-refractivity contribution is -0.129. The summed E-state index contributed by atoms with van der Waals surface area (Å²) in [6.07, 6.45) is 5.49. The van der Waals surface area contributed by atoms with Crippen LogP contribution >= 0.6 is 0 Å². The van der Waals surface area contributed by atoms with Crippen LogP contribution in [0.1, 0.15) is 23.6 Å². The molecule has 0 spiro atoms. The van der Waals surface area contributed by atoms with Gasteiger partial charge in [0.05, 0.1) is 24.8 Å². The maximum atomic E-state index is 13.3. The summed E-state index contributed by atoms with van der Waals surface area (Å²) >= 11 is 0. The standard InChI is InChI=1S/C29H32N2O5/c1-2-19-36-24-12-10-23(11-13-24)27-26(25(32)14-9-22-7-4-3-5-8-22)28(33)29(34)31(27)16-6-15-30-17-20-35-21-18-30/h2-5,7-14,27,33H,1,6,15-21H2. The van der Waals surface area contributed by atoms with Gasteiger partial charge in [0, 0.05) is 26.2 Å². The van der Waals surface area contributed by atoms with Gasteiger partial charge in [0.1, 0.15) is 12.4 Å². The summed E-state index contributed by atoms with van der Waals surface area (Å²) in [5, 5.41) is 10.8. The molecule has 0 radical (unpaired) electrons. The summed E-state index contributed by atoms with van der Waals surface area (Å²) in [4.78, 5) is 30.3. The average Bonchev–Trinajstić information content (AvgIpc) is 3.17. The van der Waals surface area contributed by atoms with E-state index in [0.717, 1.165) is 37.2 Å². The van der Waals surface area contributed by atoms with Crippen molar-refractivity contribution in [3.05, 3.63) is 95.8 Å². The fraction of sp³-hybridized carbons (Fsp3) is 0.310. The molecular formula is C29H32N2O5. The quantitative estimate of drug-likeness (QED) is 0.381. The normalized spacial score (nSPS) is 18.7. The first kappa shape index (κ1) is 25.4. The van der Waals surface area contributed by atoms with Crippen LogP contribution in [0, 0.1) is 0 Å². The number of hydrogen-bond donors (Lipinski definition) is 1. The number of nitrogens with zero attached hydrogens (tertiary/aromatic N) is 2. The van der Waals surface area contributed by atoms with E-state index in [1.54, 1.807) is 29.2 Å². The molecule has 1 fully saturated rings. The van der Waals surface area contributed by atoms with Crippen molar-refractivity contribution in [1.29, 1.82) is 0 Å². The number of ether oxygens (including phenoxy) is 2. The van der Waals surface area contributed by atoms with Crippen LogP contribution in [0.4, 0.5) is 0 Å². The van der Waals surface area contributed by atoms with Crippen LogP contribution in [-0.4, -0.2) is 72.6 Å². The molecular weight excluding hydrogens is 456 g/mol. The van der Waals surface area contributed by atoms with Crippen LogP contribution in [0.3, 0.4) is 0 Å². The molecule has 2 heterocycles. The van der Waals surface area contributed by atoms with Crippen molar-refractivity contribution in [3.63, 3.8) is 0 Å². The van der Waals surface area contributed by atoms with E-state index in [1.165, 1.54) is 6.08 Å². The minimum atomic E-state index is -0.677. The zero-order valence-corrected chi connectivity index (χ0v) is 20.3. The summed E-state index contributed by atoms with van der Waals surface area (Å²) in [5.74, 6) is -0.740. The van der Waals surface area contributed by atoms with Gasteiger partial charge in [0.2, 0.25) is 0 Å². The lowest BCUT2D eigenvalue weighted by Crippen LogP contribution is -2.39. The van der Waals surface area contributed by atoms with E-state index >= 15 is 0 Å². The Bertz CT molecular complexity index is 1120. The Labute approximate surface area is 211 Å². The number of benzene rings is 2. The lowest BCUT2D eigenvalue weighted by Gasteiger charge is -2.30. The van der Waals surface area contributed by atoms with E-state index in [4.69, 9.17) is 9.47 Å². The SMILES string of the molecule is C=CCOc1ccc(C2C(C(=O)C=Cc3ccccc3)=C(O)C(=O)N2CCCN2CCOCC2)cc1.